The van der Waals surface area contributed by atoms with Crippen molar-refractivity contribution in [2.75, 3.05) is 18.2 Å². The molecule has 0 aliphatic carbocycles. The molecule has 4 rings (SSSR count). The smallest absolute Gasteiger partial charge is 0.433 e. The Balaban J connectivity index is 1.58. The summed E-state index contributed by atoms with van der Waals surface area (Å²) in [5, 5.41) is 20.4. The van der Waals surface area contributed by atoms with E-state index in [1.807, 2.05) is 51.1 Å². The van der Waals surface area contributed by atoms with Crippen LogP contribution in [-0.4, -0.2) is 57.8 Å². The van der Waals surface area contributed by atoms with E-state index in [0.717, 1.165) is 16.2 Å². The lowest BCUT2D eigenvalue weighted by atomic mass is 10.1. The molecule has 0 spiro atoms. The molecule has 0 aliphatic heterocycles. The lowest BCUT2D eigenvalue weighted by molar-refractivity contribution is -0.384. The van der Waals surface area contributed by atoms with Gasteiger partial charge in [0.1, 0.15) is 18.9 Å². The quantitative estimate of drug-likeness (QED) is 0.0562. The minimum atomic E-state index is -0.809. The Morgan fingerprint density at radius 1 is 1.09 bits per heavy atom. The normalized spacial score (nSPS) is 11.6. The first-order valence-corrected chi connectivity index (χ1v) is 16.7. The number of hydrogen-bond donors (Lipinski definition) is 4. The lowest BCUT2D eigenvalue weighted by Gasteiger charge is -2.17. The number of methoxy groups -OCH3 is 1. The molecule has 3 amide bonds. The number of anilines is 2. The molecule has 16 nitrogen and oxygen atoms in total. The van der Waals surface area contributed by atoms with Crippen LogP contribution < -0.4 is 32.0 Å². The molecule has 0 radical (unpaired) electrons. The van der Waals surface area contributed by atoms with E-state index in [0.29, 0.717) is 17.5 Å². The third kappa shape index (κ3) is 10.5. The number of ether oxygens (including phenoxy) is 2. The number of nitrogen functional groups attached to an aromatic ring is 1. The molecule has 53 heavy (non-hydrogen) atoms. The molecule has 0 fully saturated rings. The molecular weight excluding hydrogens is 684 g/mol. The molecule has 0 unspecified atom stereocenters. The number of nitrogens with zero attached hydrogens (tertiary/aromatic N) is 4. The van der Waals surface area contributed by atoms with E-state index >= 15 is 0 Å². The SMILES string of the molecule is CC[C@@H](C)NC(=O)c1cc(-c2cnc(NC(C)C)c(=O)n2CC(=O)NCc2ccc(/C=N\C(=O)OCc3ccccc3)c(N)c2OC)cc([N+](=O)[O-])c1. The van der Waals surface area contributed by atoms with Gasteiger partial charge in [-0.1, -0.05) is 49.4 Å². The molecule has 0 bridgehead atoms. The number of hydrogen-bond acceptors (Lipinski definition) is 11. The highest BCUT2D eigenvalue weighted by atomic mass is 16.6. The zero-order valence-corrected chi connectivity index (χ0v) is 30.0. The predicted octanol–water partition coefficient (Wildman–Crippen LogP) is 4.83. The molecule has 4 aromatic rings. The van der Waals surface area contributed by atoms with E-state index in [1.54, 1.807) is 19.1 Å². The molecule has 1 heterocycles. The van der Waals surface area contributed by atoms with Gasteiger partial charge in [0.15, 0.2) is 5.82 Å². The number of amides is 3. The number of aliphatic imine (C=N–C) groups is 1. The fourth-order valence-corrected chi connectivity index (χ4v) is 5.08. The number of benzene rings is 3. The monoisotopic (exact) mass is 726 g/mol. The van der Waals surface area contributed by atoms with Gasteiger partial charge in [-0.15, -0.1) is 0 Å². The van der Waals surface area contributed by atoms with Gasteiger partial charge in [-0.3, -0.25) is 29.1 Å². The topological polar surface area (TPSA) is 222 Å². The highest BCUT2D eigenvalue weighted by Crippen LogP contribution is 2.30. The fraction of sp³-hybridized carbons (Fsp3) is 0.297. The molecular formula is C37H42N8O8. The summed E-state index contributed by atoms with van der Waals surface area (Å²) in [7, 11) is 1.40. The molecule has 0 aliphatic rings. The Labute approximate surface area is 305 Å². The summed E-state index contributed by atoms with van der Waals surface area (Å²) in [6.45, 7) is 6.79. The predicted molar refractivity (Wildman–Crippen MR) is 200 cm³/mol. The van der Waals surface area contributed by atoms with Crippen LogP contribution in [0.15, 0.2) is 76.6 Å². The van der Waals surface area contributed by atoms with Gasteiger partial charge in [-0.2, -0.15) is 4.99 Å². The van der Waals surface area contributed by atoms with Crippen LogP contribution in [0.2, 0.25) is 0 Å². The van der Waals surface area contributed by atoms with Gasteiger partial charge in [0.2, 0.25) is 5.91 Å². The van der Waals surface area contributed by atoms with Crippen LogP contribution in [0.25, 0.3) is 11.3 Å². The lowest BCUT2D eigenvalue weighted by Crippen LogP contribution is -2.35. The van der Waals surface area contributed by atoms with E-state index in [4.69, 9.17) is 15.2 Å². The second kappa shape index (κ2) is 18.1. The van der Waals surface area contributed by atoms with Gasteiger partial charge in [0.05, 0.1) is 29.6 Å². The number of carbonyl (C=O) groups excluding carboxylic acids is 3. The average molecular weight is 727 g/mol. The van der Waals surface area contributed by atoms with Crippen molar-refractivity contribution in [1.29, 1.82) is 0 Å². The first kappa shape index (κ1) is 39.2. The molecule has 278 valence electrons. The summed E-state index contributed by atoms with van der Waals surface area (Å²) in [5.74, 6) is -0.928. The minimum absolute atomic E-state index is 0.00424. The zero-order valence-electron chi connectivity index (χ0n) is 30.0. The molecule has 16 heteroatoms. The first-order valence-electron chi connectivity index (χ1n) is 16.7. The Bertz CT molecular complexity index is 2060. The van der Waals surface area contributed by atoms with E-state index in [9.17, 15) is 29.3 Å². The number of carbonyl (C=O) groups is 3. The van der Waals surface area contributed by atoms with Crippen LogP contribution in [0.5, 0.6) is 5.75 Å². The van der Waals surface area contributed by atoms with Crippen molar-refractivity contribution in [3.8, 4) is 17.0 Å². The van der Waals surface area contributed by atoms with Crippen molar-refractivity contribution >= 4 is 41.3 Å². The second-order valence-electron chi connectivity index (χ2n) is 12.3. The summed E-state index contributed by atoms with van der Waals surface area (Å²) in [6.07, 6.45) is 2.40. The highest BCUT2D eigenvalue weighted by Gasteiger charge is 2.21. The molecule has 1 aromatic heterocycles. The number of nitrogens with one attached hydrogen (secondary N) is 3. The van der Waals surface area contributed by atoms with E-state index in [1.165, 1.54) is 31.7 Å². The van der Waals surface area contributed by atoms with E-state index < -0.39 is 34.9 Å². The average Bonchev–Trinajstić information content (AvgIpc) is 3.14. The second-order valence-corrected chi connectivity index (χ2v) is 12.3. The fourth-order valence-electron chi connectivity index (χ4n) is 5.08. The highest BCUT2D eigenvalue weighted by molar-refractivity contribution is 5.97. The molecule has 3 aromatic carbocycles. The van der Waals surface area contributed by atoms with Crippen molar-refractivity contribution in [3.05, 3.63) is 110 Å². The summed E-state index contributed by atoms with van der Waals surface area (Å²) in [6, 6.07) is 15.8. The van der Waals surface area contributed by atoms with Crippen molar-refractivity contribution in [1.82, 2.24) is 20.2 Å². The maximum atomic E-state index is 13.7. The van der Waals surface area contributed by atoms with E-state index in [-0.39, 0.29) is 65.0 Å². The summed E-state index contributed by atoms with van der Waals surface area (Å²) in [4.78, 5) is 71.6. The maximum absolute atomic E-state index is 13.7. The first-order chi connectivity index (χ1) is 25.3. The van der Waals surface area contributed by atoms with Crippen LogP contribution in [0, 0.1) is 10.1 Å². The van der Waals surface area contributed by atoms with Gasteiger partial charge >= 0.3 is 6.09 Å². The van der Waals surface area contributed by atoms with Crippen molar-refractivity contribution in [3.63, 3.8) is 0 Å². The Morgan fingerprint density at radius 3 is 2.49 bits per heavy atom. The van der Waals surface area contributed by atoms with Crippen LogP contribution in [0.3, 0.4) is 0 Å². The molecule has 0 saturated heterocycles. The number of nitro groups is 1. The summed E-state index contributed by atoms with van der Waals surface area (Å²) in [5.41, 5.74) is 7.33. The Morgan fingerprint density at radius 2 is 1.83 bits per heavy atom. The van der Waals surface area contributed by atoms with Gasteiger partial charge in [0.25, 0.3) is 17.2 Å². The third-order valence-corrected chi connectivity index (χ3v) is 7.96. The molecule has 5 N–H and O–H groups in total. The maximum Gasteiger partial charge on any atom is 0.433 e. The van der Waals surface area contributed by atoms with Crippen LogP contribution in [0.4, 0.5) is 22.0 Å². The van der Waals surface area contributed by atoms with Crippen molar-refractivity contribution in [2.24, 2.45) is 4.99 Å². The summed E-state index contributed by atoms with van der Waals surface area (Å²) >= 11 is 0. The molecule has 1 atom stereocenters. The number of aromatic nitrogens is 2. The standard InChI is InChI=1S/C37H42N8O8/c1-6-23(4)43-35(47)28-14-27(15-29(16-28)45(50)51)30-19-40-34(42-22(2)3)36(48)44(30)20-31(46)39-18-26-13-12-25(32(38)33(26)52-5)17-41-37(49)53-21-24-10-8-7-9-11-24/h7-17,19,22-23H,6,18,20-21,38H2,1-5H3,(H,39,46)(H,40,42)(H,43,47)/b41-17-/t23-/m1/s1. The van der Waals surface area contributed by atoms with E-state index in [2.05, 4.69) is 25.9 Å². The largest absolute Gasteiger partial charge is 0.494 e. The summed E-state index contributed by atoms with van der Waals surface area (Å²) < 4.78 is 11.8. The number of non-ortho nitro benzene ring substituents is 1. The van der Waals surface area contributed by atoms with Gasteiger partial charge in [-0.25, -0.2) is 9.78 Å². The van der Waals surface area contributed by atoms with Crippen LogP contribution >= 0.6 is 0 Å². The minimum Gasteiger partial charge on any atom is -0.494 e. The Kier molecular flexibility index (Phi) is 13.4. The number of nitrogens with two attached hydrogens (primary N) is 1. The van der Waals surface area contributed by atoms with Crippen LogP contribution in [-0.2, 0) is 29.2 Å². The van der Waals surface area contributed by atoms with Crippen LogP contribution in [0.1, 0.15) is 61.2 Å². The third-order valence-electron chi connectivity index (χ3n) is 7.96. The zero-order chi connectivity index (χ0) is 38.7. The molecule has 0 saturated carbocycles. The number of rotatable bonds is 15. The van der Waals surface area contributed by atoms with Crippen molar-refractivity contribution < 1.29 is 28.8 Å². The van der Waals surface area contributed by atoms with Gasteiger partial charge in [0, 0.05) is 59.2 Å². The van der Waals surface area contributed by atoms with Crippen molar-refractivity contribution in [2.45, 2.75) is 65.9 Å². The van der Waals surface area contributed by atoms with Gasteiger partial charge in [-0.05, 0) is 38.8 Å². The Hall–Kier alpha value is -6.58. The number of nitro benzene ring substituents is 1. The van der Waals surface area contributed by atoms with Gasteiger partial charge < -0.3 is 31.2 Å².